The maximum Gasteiger partial charge on any atom is 0.293 e. The number of sulfonamides is 1. The zero-order valence-electron chi connectivity index (χ0n) is 19.7. The number of amides is 1. The molecule has 36 heavy (non-hydrogen) atoms. The van der Waals surface area contributed by atoms with Crippen molar-refractivity contribution in [3.05, 3.63) is 78.3 Å². The second-order valence-corrected chi connectivity index (χ2v) is 10.0. The Bertz CT molecular complexity index is 1640. The Morgan fingerprint density at radius 1 is 1.03 bits per heavy atom. The lowest BCUT2D eigenvalue weighted by Crippen LogP contribution is -2.30. The van der Waals surface area contributed by atoms with Crippen LogP contribution in [-0.2, 0) is 16.6 Å². The van der Waals surface area contributed by atoms with E-state index in [0.717, 1.165) is 11.1 Å². The highest BCUT2D eigenvalue weighted by Gasteiger charge is 2.24. The van der Waals surface area contributed by atoms with Crippen molar-refractivity contribution < 1.29 is 17.6 Å². The zero-order valence-corrected chi connectivity index (χ0v) is 20.6. The topological polar surface area (TPSA) is 123 Å². The molecule has 184 valence electrons. The maximum atomic E-state index is 13.2. The highest BCUT2D eigenvalue weighted by Crippen LogP contribution is 2.30. The van der Waals surface area contributed by atoms with Gasteiger partial charge < -0.3 is 8.98 Å². The van der Waals surface area contributed by atoms with Crippen LogP contribution in [0.5, 0.6) is 0 Å². The molecular formula is C25H24N6O4S. The van der Waals surface area contributed by atoms with Gasteiger partial charge in [0.2, 0.25) is 10.0 Å². The third kappa shape index (κ3) is 4.23. The summed E-state index contributed by atoms with van der Waals surface area (Å²) in [4.78, 5) is 17.2. The van der Waals surface area contributed by atoms with Crippen molar-refractivity contribution in [2.75, 3.05) is 18.4 Å². The number of aromatic nitrogens is 4. The molecule has 3 heterocycles. The van der Waals surface area contributed by atoms with Gasteiger partial charge in [-0.3, -0.25) is 10.1 Å². The number of hydrogen-bond donors (Lipinski definition) is 1. The molecule has 10 nitrogen and oxygen atoms in total. The van der Waals surface area contributed by atoms with Gasteiger partial charge in [-0.05, 0) is 35.9 Å². The van der Waals surface area contributed by atoms with Gasteiger partial charge in [-0.25, -0.2) is 8.42 Å². The van der Waals surface area contributed by atoms with Crippen LogP contribution in [0.2, 0.25) is 0 Å². The first-order chi connectivity index (χ1) is 17.4. The van der Waals surface area contributed by atoms with Crippen LogP contribution in [0.25, 0.3) is 22.1 Å². The SMILES string of the molecule is CCN(CC)S(=O)(=O)c1ccc2c(c1)c1nnc(NC(=O)c3ccco3)nc1n2Cc1ccccc1. The molecule has 3 aromatic heterocycles. The highest BCUT2D eigenvalue weighted by atomic mass is 32.2. The van der Waals surface area contributed by atoms with Gasteiger partial charge in [-0.15, -0.1) is 10.2 Å². The van der Waals surface area contributed by atoms with Crippen molar-refractivity contribution in [3.63, 3.8) is 0 Å². The van der Waals surface area contributed by atoms with Crippen LogP contribution >= 0.6 is 0 Å². The fraction of sp³-hybridized carbons (Fsp3) is 0.200. The summed E-state index contributed by atoms with van der Waals surface area (Å²) < 4.78 is 34.8. The van der Waals surface area contributed by atoms with Crippen molar-refractivity contribution in [1.29, 1.82) is 0 Å². The molecule has 0 aliphatic carbocycles. The normalized spacial score (nSPS) is 12.0. The number of anilines is 1. The number of nitrogens with one attached hydrogen (secondary N) is 1. The molecule has 1 amide bonds. The lowest BCUT2D eigenvalue weighted by Gasteiger charge is -2.18. The predicted octanol–water partition coefficient (Wildman–Crippen LogP) is 3.90. The molecule has 5 aromatic rings. The molecule has 0 aliphatic rings. The van der Waals surface area contributed by atoms with Crippen LogP contribution in [0.1, 0.15) is 30.0 Å². The molecular weight excluding hydrogens is 480 g/mol. The van der Waals surface area contributed by atoms with Crippen molar-refractivity contribution in [2.45, 2.75) is 25.3 Å². The Morgan fingerprint density at radius 2 is 1.81 bits per heavy atom. The van der Waals surface area contributed by atoms with E-state index < -0.39 is 15.9 Å². The summed E-state index contributed by atoms with van der Waals surface area (Å²) in [6, 6.07) is 17.9. The van der Waals surface area contributed by atoms with Gasteiger partial charge in [0.25, 0.3) is 11.9 Å². The number of hydrogen-bond acceptors (Lipinski definition) is 7. The summed E-state index contributed by atoms with van der Waals surface area (Å²) in [5.41, 5.74) is 2.68. The van der Waals surface area contributed by atoms with Gasteiger partial charge in [-0.2, -0.15) is 9.29 Å². The third-order valence-electron chi connectivity index (χ3n) is 5.93. The predicted molar refractivity (Wildman–Crippen MR) is 135 cm³/mol. The molecule has 0 unspecified atom stereocenters. The van der Waals surface area contributed by atoms with Crippen molar-refractivity contribution >= 4 is 43.9 Å². The summed E-state index contributed by atoms with van der Waals surface area (Å²) in [5, 5.41) is 11.6. The number of carbonyl (C=O) groups excluding carboxylic acids is 1. The van der Waals surface area contributed by atoms with E-state index in [4.69, 9.17) is 4.42 Å². The molecule has 11 heteroatoms. The van der Waals surface area contributed by atoms with E-state index in [2.05, 4.69) is 20.5 Å². The first-order valence-electron chi connectivity index (χ1n) is 11.5. The molecule has 0 spiro atoms. The van der Waals surface area contributed by atoms with E-state index in [9.17, 15) is 13.2 Å². The summed E-state index contributed by atoms with van der Waals surface area (Å²) in [5.74, 6) is -0.369. The van der Waals surface area contributed by atoms with Crippen LogP contribution in [0, 0.1) is 0 Å². The van der Waals surface area contributed by atoms with Crippen LogP contribution in [0.15, 0.2) is 76.2 Å². The van der Waals surface area contributed by atoms with Crippen LogP contribution < -0.4 is 5.32 Å². The Hall–Kier alpha value is -4.09. The fourth-order valence-electron chi connectivity index (χ4n) is 4.16. The molecule has 0 bridgehead atoms. The van der Waals surface area contributed by atoms with Gasteiger partial charge in [0.1, 0.15) is 5.52 Å². The largest absolute Gasteiger partial charge is 0.459 e. The number of fused-ring (bicyclic) bond motifs is 3. The van der Waals surface area contributed by atoms with Gasteiger partial charge >= 0.3 is 0 Å². The standard InChI is InChI=1S/C25H24N6O4S/c1-3-30(4-2)36(33,34)18-12-13-20-19(15-18)22-23(31(20)16-17-9-6-5-7-10-17)26-25(29-28-22)27-24(32)21-11-8-14-35-21/h5-15H,3-4,16H2,1-2H3,(H,26,27,29,32). The second kappa shape index (κ2) is 9.51. The number of carbonyl (C=O) groups is 1. The minimum atomic E-state index is -3.67. The number of furan rings is 1. The fourth-order valence-corrected chi connectivity index (χ4v) is 5.64. The molecule has 0 fully saturated rings. The molecule has 5 rings (SSSR count). The van der Waals surface area contributed by atoms with E-state index in [1.807, 2.05) is 34.9 Å². The summed E-state index contributed by atoms with van der Waals surface area (Å²) in [6.45, 7) is 4.81. The molecule has 0 aliphatic heterocycles. The third-order valence-corrected chi connectivity index (χ3v) is 7.98. The van der Waals surface area contributed by atoms with Gasteiger partial charge in [0.05, 0.1) is 16.7 Å². The Kier molecular flexibility index (Phi) is 6.25. The van der Waals surface area contributed by atoms with E-state index in [1.165, 1.54) is 16.6 Å². The van der Waals surface area contributed by atoms with Crippen molar-refractivity contribution in [3.8, 4) is 0 Å². The first kappa shape index (κ1) is 23.6. The van der Waals surface area contributed by atoms with Gasteiger partial charge in [0.15, 0.2) is 11.4 Å². The average Bonchev–Trinajstić information content (AvgIpc) is 3.53. The molecule has 0 saturated heterocycles. The van der Waals surface area contributed by atoms with Gasteiger partial charge in [-0.1, -0.05) is 44.2 Å². The second-order valence-electron chi connectivity index (χ2n) is 8.08. The van der Waals surface area contributed by atoms with Crippen molar-refractivity contribution in [1.82, 2.24) is 24.1 Å². The quantitative estimate of drug-likeness (QED) is 0.340. The molecule has 2 aromatic carbocycles. The summed E-state index contributed by atoms with van der Waals surface area (Å²) in [7, 11) is -3.67. The smallest absolute Gasteiger partial charge is 0.293 e. The maximum absolute atomic E-state index is 13.2. The zero-order chi connectivity index (χ0) is 25.3. The molecule has 1 N–H and O–H groups in total. The van der Waals surface area contributed by atoms with Crippen LogP contribution in [0.3, 0.4) is 0 Å². The van der Waals surface area contributed by atoms with Crippen LogP contribution in [0.4, 0.5) is 5.95 Å². The summed E-state index contributed by atoms with van der Waals surface area (Å²) >= 11 is 0. The van der Waals surface area contributed by atoms with Gasteiger partial charge in [0, 0.05) is 25.0 Å². The van der Waals surface area contributed by atoms with E-state index in [-0.39, 0.29) is 16.6 Å². The minimum absolute atomic E-state index is 0.0111. The Balaban J connectivity index is 1.66. The molecule has 0 atom stereocenters. The number of rotatable bonds is 8. The Labute approximate surface area is 207 Å². The molecule has 0 radical (unpaired) electrons. The lowest BCUT2D eigenvalue weighted by atomic mass is 10.2. The molecule has 0 saturated carbocycles. The number of benzene rings is 2. The number of nitrogens with zero attached hydrogens (tertiary/aromatic N) is 5. The average molecular weight is 505 g/mol. The van der Waals surface area contributed by atoms with E-state index >= 15 is 0 Å². The highest BCUT2D eigenvalue weighted by molar-refractivity contribution is 7.89. The lowest BCUT2D eigenvalue weighted by molar-refractivity contribution is 0.0995. The minimum Gasteiger partial charge on any atom is -0.459 e. The summed E-state index contributed by atoms with van der Waals surface area (Å²) in [6.07, 6.45) is 1.40. The van der Waals surface area contributed by atoms with Crippen molar-refractivity contribution in [2.24, 2.45) is 0 Å². The Morgan fingerprint density at radius 3 is 2.50 bits per heavy atom. The monoisotopic (exact) mass is 504 g/mol. The van der Waals surface area contributed by atoms with Crippen LogP contribution in [-0.4, -0.2) is 51.5 Å². The first-order valence-corrected chi connectivity index (χ1v) is 12.9. The van der Waals surface area contributed by atoms with E-state index in [0.29, 0.717) is 36.2 Å². The van der Waals surface area contributed by atoms with E-state index in [1.54, 1.807) is 38.1 Å².